The second-order valence-corrected chi connectivity index (χ2v) is 29.4. The summed E-state index contributed by atoms with van der Waals surface area (Å²) in [6.45, 7) is 50.9. The number of phenols is 5. The summed E-state index contributed by atoms with van der Waals surface area (Å²) in [5.41, 5.74) is 14.5. The van der Waals surface area contributed by atoms with Gasteiger partial charge in [0.25, 0.3) is 0 Å². The SMILES string of the molecule is CC(C)(C)c1cc(CSCc2cc(C(C)(C)C)c(O)c(C(C)(C)C)c2)cc(C(C)(C)C)c1O.Cc1cc(CSCc2cc(C)c(O)c(C(C)(C)C)c2)cc(C(C)(C)C)c1O.Cc1ccc(O)c(C(C)(C)C)c1. The normalized spacial score (nSPS) is 12.8. The molecule has 0 aliphatic heterocycles. The number of phenolic OH excluding ortho intramolecular Hbond substituents is 5. The Hall–Kier alpha value is -4.20. The molecule has 72 heavy (non-hydrogen) atoms. The summed E-state index contributed by atoms with van der Waals surface area (Å²) in [6, 6.07) is 22.9. The van der Waals surface area contributed by atoms with Crippen LogP contribution in [-0.4, -0.2) is 25.5 Å². The predicted octanol–water partition coefficient (Wildman–Crippen LogP) is 18.5. The van der Waals surface area contributed by atoms with E-state index in [0.29, 0.717) is 28.7 Å². The Kier molecular flexibility index (Phi) is 20.0. The van der Waals surface area contributed by atoms with Crippen molar-refractivity contribution in [3.63, 3.8) is 0 Å². The number of hydrogen-bond acceptors (Lipinski definition) is 7. The molecule has 0 radical (unpaired) electrons. The molecule has 5 aromatic carbocycles. The van der Waals surface area contributed by atoms with Crippen LogP contribution in [0.2, 0.25) is 0 Å². The highest BCUT2D eigenvalue weighted by molar-refractivity contribution is 7.98. The molecule has 0 unspecified atom stereocenters. The molecule has 0 bridgehead atoms. The van der Waals surface area contributed by atoms with Crippen LogP contribution in [0.5, 0.6) is 28.7 Å². The zero-order valence-corrected chi connectivity index (χ0v) is 50.9. The average molecular weight is 1020 g/mol. The van der Waals surface area contributed by atoms with Gasteiger partial charge in [0, 0.05) is 23.0 Å². The van der Waals surface area contributed by atoms with Crippen molar-refractivity contribution in [2.24, 2.45) is 0 Å². The van der Waals surface area contributed by atoms with Crippen molar-refractivity contribution in [3.05, 3.63) is 145 Å². The quantitative estimate of drug-likeness (QED) is 0.106. The Morgan fingerprint density at radius 1 is 0.292 bits per heavy atom. The van der Waals surface area contributed by atoms with Gasteiger partial charge in [0.1, 0.15) is 28.7 Å². The summed E-state index contributed by atoms with van der Waals surface area (Å²) in [6.07, 6.45) is 0. The fourth-order valence-corrected chi connectivity index (χ4v) is 10.5. The van der Waals surface area contributed by atoms with E-state index in [9.17, 15) is 25.5 Å². The molecule has 0 fully saturated rings. The summed E-state index contributed by atoms with van der Waals surface area (Å²) < 4.78 is 0. The van der Waals surface area contributed by atoms with Gasteiger partial charge in [-0.3, -0.25) is 0 Å². The molecule has 0 aromatic heterocycles. The third-order valence-electron chi connectivity index (χ3n) is 12.9. The lowest BCUT2D eigenvalue weighted by molar-refractivity contribution is 0.422. The molecule has 5 N–H and O–H groups in total. The van der Waals surface area contributed by atoms with Crippen molar-refractivity contribution < 1.29 is 25.5 Å². The van der Waals surface area contributed by atoms with Crippen LogP contribution in [-0.2, 0) is 60.9 Å². The molecule has 0 heterocycles. The first-order valence-electron chi connectivity index (χ1n) is 25.8. The summed E-state index contributed by atoms with van der Waals surface area (Å²) in [5.74, 6) is 5.66. The largest absolute Gasteiger partial charge is 0.508 e. The fourth-order valence-electron chi connectivity index (χ4n) is 8.68. The van der Waals surface area contributed by atoms with Crippen molar-refractivity contribution in [2.45, 2.75) is 227 Å². The van der Waals surface area contributed by atoms with Crippen molar-refractivity contribution in [1.82, 2.24) is 0 Å². The predicted molar refractivity (Wildman–Crippen MR) is 316 cm³/mol. The van der Waals surface area contributed by atoms with E-state index in [1.165, 1.54) is 27.8 Å². The van der Waals surface area contributed by atoms with Gasteiger partial charge in [0.15, 0.2) is 0 Å². The van der Waals surface area contributed by atoms with Crippen LogP contribution in [0, 0.1) is 20.8 Å². The van der Waals surface area contributed by atoms with E-state index >= 15 is 0 Å². The maximum absolute atomic E-state index is 11.0. The first kappa shape index (κ1) is 62.1. The summed E-state index contributed by atoms with van der Waals surface area (Å²) in [4.78, 5) is 0. The molecule has 0 aliphatic carbocycles. The van der Waals surface area contributed by atoms with Crippen LogP contribution in [0.3, 0.4) is 0 Å². The van der Waals surface area contributed by atoms with Gasteiger partial charge in [0.05, 0.1) is 0 Å². The number of aromatic hydroxyl groups is 5. The van der Waals surface area contributed by atoms with E-state index in [2.05, 4.69) is 194 Å². The lowest BCUT2D eigenvalue weighted by Gasteiger charge is -2.28. The monoisotopic (exact) mass is 1020 g/mol. The zero-order valence-electron chi connectivity index (χ0n) is 49.2. The number of benzene rings is 5. The smallest absolute Gasteiger partial charge is 0.123 e. The van der Waals surface area contributed by atoms with Crippen LogP contribution in [0.4, 0.5) is 0 Å². The van der Waals surface area contributed by atoms with Gasteiger partial charge in [-0.25, -0.2) is 0 Å². The van der Waals surface area contributed by atoms with Crippen molar-refractivity contribution in [1.29, 1.82) is 0 Å². The first-order valence-corrected chi connectivity index (χ1v) is 28.1. The van der Waals surface area contributed by atoms with Gasteiger partial charge >= 0.3 is 0 Å². The Morgan fingerprint density at radius 2 is 0.514 bits per heavy atom. The third kappa shape index (κ3) is 17.2. The maximum Gasteiger partial charge on any atom is 0.123 e. The van der Waals surface area contributed by atoms with E-state index < -0.39 is 0 Å². The molecule has 398 valence electrons. The van der Waals surface area contributed by atoms with Crippen molar-refractivity contribution >= 4 is 23.5 Å². The average Bonchev–Trinajstić information content (AvgIpc) is 3.19. The van der Waals surface area contributed by atoms with E-state index in [4.69, 9.17) is 0 Å². The standard InChI is InChI=1S/C30H46O2S.C24H34O2S.C11H16O/c1-27(2,3)21-13-19(14-22(25(21)31)28(4,5)6)17-33-18-20-15-23(29(7,8)9)26(32)24(16-20)30(10,11)12;1-15-9-17(11-19(21(15)25)23(3,4)5)13-27-14-18-10-16(2)22(26)20(12-18)24(6,7)8;1-8-5-6-10(12)9(7-8)11(2,3)4/h13-16,31-32H,17-18H2,1-12H3;9-12,25-26H,13-14H2,1-8H3;5-7,12H,1-4H3. The molecule has 0 amide bonds. The molecular weight excluding hydrogens is 925 g/mol. The topological polar surface area (TPSA) is 101 Å². The summed E-state index contributed by atoms with van der Waals surface area (Å²) in [5, 5.41) is 52.4. The van der Waals surface area contributed by atoms with Gasteiger partial charge in [0.2, 0.25) is 0 Å². The Bertz CT molecular complexity index is 2420. The van der Waals surface area contributed by atoms with Crippen LogP contribution in [0.15, 0.2) is 66.7 Å². The van der Waals surface area contributed by atoms with Crippen molar-refractivity contribution in [2.75, 3.05) is 0 Å². The minimum absolute atomic E-state index is 0.0239. The maximum atomic E-state index is 11.0. The van der Waals surface area contributed by atoms with Crippen LogP contribution in [0.25, 0.3) is 0 Å². The molecule has 5 rings (SSSR count). The number of rotatable bonds is 8. The van der Waals surface area contributed by atoms with Gasteiger partial charge < -0.3 is 25.5 Å². The molecule has 5 nitrogen and oxygen atoms in total. The molecule has 7 heteroatoms. The van der Waals surface area contributed by atoms with E-state index in [-0.39, 0.29) is 37.9 Å². The number of thioether (sulfide) groups is 2. The van der Waals surface area contributed by atoms with E-state index in [1.54, 1.807) is 6.07 Å². The Morgan fingerprint density at radius 3 is 0.736 bits per heavy atom. The first-order chi connectivity index (χ1) is 32.4. The zero-order chi connectivity index (χ0) is 55.5. The minimum Gasteiger partial charge on any atom is -0.508 e. The highest BCUT2D eigenvalue weighted by atomic mass is 32.2. The second-order valence-electron chi connectivity index (χ2n) is 27.5. The van der Waals surface area contributed by atoms with E-state index in [0.717, 1.165) is 73.1 Å². The van der Waals surface area contributed by atoms with Gasteiger partial charge in [-0.05, 0) is 137 Å². The van der Waals surface area contributed by atoms with E-state index in [1.807, 2.05) is 56.4 Å². The minimum atomic E-state index is -0.120. The lowest BCUT2D eigenvalue weighted by atomic mass is 9.78. The van der Waals surface area contributed by atoms with Crippen LogP contribution < -0.4 is 0 Å². The Labute approximate surface area is 447 Å². The van der Waals surface area contributed by atoms with Crippen LogP contribution >= 0.6 is 23.5 Å². The molecule has 0 atom stereocenters. The molecule has 0 saturated heterocycles. The van der Waals surface area contributed by atoms with Crippen LogP contribution in [0.1, 0.15) is 223 Å². The second kappa shape index (κ2) is 23.1. The summed E-state index contributed by atoms with van der Waals surface area (Å²) >= 11 is 3.75. The van der Waals surface area contributed by atoms with Gasteiger partial charge in [-0.15, -0.1) is 0 Å². The number of hydrogen-bond donors (Lipinski definition) is 5. The Balaban J connectivity index is 0.000000313. The third-order valence-corrected chi connectivity index (χ3v) is 15.1. The van der Waals surface area contributed by atoms with Gasteiger partial charge in [-0.2, -0.15) is 23.5 Å². The summed E-state index contributed by atoms with van der Waals surface area (Å²) in [7, 11) is 0. The number of aryl methyl sites for hydroxylation is 3. The molecule has 0 saturated carbocycles. The molecular formula is C65H96O5S2. The molecule has 0 aliphatic rings. The molecule has 5 aromatic rings. The van der Waals surface area contributed by atoms with Gasteiger partial charge in [-0.1, -0.05) is 212 Å². The highest BCUT2D eigenvalue weighted by Crippen LogP contribution is 2.43. The molecule has 0 spiro atoms. The fraction of sp³-hybridized carbons (Fsp3) is 0.538. The van der Waals surface area contributed by atoms with Crippen molar-refractivity contribution in [3.8, 4) is 28.7 Å². The lowest BCUT2D eigenvalue weighted by Crippen LogP contribution is -2.18. The highest BCUT2D eigenvalue weighted by Gasteiger charge is 2.29.